The first kappa shape index (κ1) is 13.1. The van der Waals surface area contributed by atoms with Crippen LogP contribution in [0.2, 0.25) is 0 Å². The number of carbonyl (C=O) groups is 1. The molecule has 0 saturated heterocycles. The summed E-state index contributed by atoms with van der Waals surface area (Å²) in [5, 5.41) is 5.93. The van der Waals surface area contributed by atoms with Crippen LogP contribution >= 0.6 is 0 Å². The molecule has 0 aliphatic carbocycles. The zero-order valence-electron chi connectivity index (χ0n) is 11.0. The summed E-state index contributed by atoms with van der Waals surface area (Å²) in [6.45, 7) is 0.628. The molecule has 0 fully saturated rings. The molecule has 0 heterocycles. The van der Waals surface area contributed by atoms with Crippen LogP contribution < -0.4 is 10.6 Å². The molecule has 0 radical (unpaired) electrons. The lowest BCUT2D eigenvalue weighted by Gasteiger charge is -2.11. The van der Waals surface area contributed by atoms with Crippen molar-refractivity contribution in [2.24, 2.45) is 0 Å². The van der Waals surface area contributed by atoms with Gasteiger partial charge in [-0.05, 0) is 11.6 Å². The van der Waals surface area contributed by atoms with Crippen LogP contribution in [0, 0.1) is 0 Å². The minimum Gasteiger partial charge on any atom is -0.384 e. The molecule has 1 amide bonds. The van der Waals surface area contributed by atoms with E-state index in [2.05, 4.69) is 28.8 Å². The van der Waals surface area contributed by atoms with Crippen molar-refractivity contribution in [1.82, 2.24) is 5.32 Å². The van der Waals surface area contributed by atoms with Crippen molar-refractivity contribution >= 4 is 11.6 Å². The average Bonchev–Trinajstić information content (AvgIpc) is 2.48. The van der Waals surface area contributed by atoms with Gasteiger partial charge in [-0.1, -0.05) is 48.5 Å². The number of benzene rings is 2. The Morgan fingerprint density at radius 3 is 2.42 bits per heavy atom. The molecule has 98 valence electrons. The Kier molecular flexibility index (Phi) is 4.56. The number of para-hydroxylation sites is 1. The van der Waals surface area contributed by atoms with Crippen LogP contribution in [0.1, 0.15) is 6.42 Å². The summed E-state index contributed by atoms with van der Waals surface area (Å²) in [5.74, 6) is 0.0460. The molecular weight excluding hydrogens is 236 g/mol. The number of carbonyl (C=O) groups excluding carboxylic acids is 1. The first-order chi connectivity index (χ1) is 9.31. The van der Waals surface area contributed by atoms with Gasteiger partial charge in [-0.25, -0.2) is 0 Å². The molecule has 0 saturated carbocycles. The Labute approximate surface area is 113 Å². The smallest absolute Gasteiger partial charge is 0.221 e. The predicted molar refractivity (Wildman–Crippen MR) is 79.1 cm³/mol. The molecule has 2 rings (SSSR count). The van der Waals surface area contributed by atoms with Gasteiger partial charge in [0.15, 0.2) is 0 Å². The third-order valence-electron chi connectivity index (χ3n) is 2.96. The molecule has 0 bridgehead atoms. The maximum atomic E-state index is 11.2. The summed E-state index contributed by atoms with van der Waals surface area (Å²) in [4.78, 5) is 11.2. The van der Waals surface area contributed by atoms with E-state index in [1.165, 1.54) is 5.56 Å². The number of hydrogen-bond acceptors (Lipinski definition) is 2. The minimum absolute atomic E-state index is 0.0460. The van der Waals surface area contributed by atoms with E-state index in [0.29, 0.717) is 13.0 Å². The molecule has 0 aliphatic rings. The van der Waals surface area contributed by atoms with E-state index in [0.717, 1.165) is 11.3 Å². The van der Waals surface area contributed by atoms with Gasteiger partial charge < -0.3 is 10.6 Å². The molecule has 0 aromatic heterocycles. The summed E-state index contributed by atoms with van der Waals surface area (Å²) in [6.07, 6.45) is 0.472. The van der Waals surface area contributed by atoms with E-state index in [4.69, 9.17) is 0 Å². The first-order valence-corrected chi connectivity index (χ1v) is 6.40. The van der Waals surface area contributed by atoms with Gasteiger partial charge in [0.05, 0.1) is 0 Å². The lowest BCUT2D eigenvalue weighted by Crippen LogP contribution is -2.20. The summed E-state index contributed by atoms with van der Waals surface area (Å²) < 4.78 is 0. The van der Waals surface area contributed by atoms with E-state index >= 15 is 0 Å². The van der Waals surface area contributed by atoms with Crippen LogP contribution in [0.25, 0.3) is 11.1 Å². The molecule has 0 unspecified atom stereocenters. The second-order valence-corrected chi connectivity index (χ2v) is 4.26. The molecule has 2 N–H and O–H groups in total. The quantitative estimate of drug-likeness (QED) is 0.861. The Balaban J connectivity index is 2.11. The lowest BCUT2D eigenvalue weighted by molar-refractivity contribution is -0.120. The summed E-state index contributed by atoms with van der Waals surface area (Å²) in [6, 6.07) is 18.3. The van der Waals surface area contributed by atoms with E-state index in [1.54, 1.807) is 7.05 Å². The molecule has 2 aromatic carbocycles. The highest BCUT2D eigenvalue weighted by Crippen LogP contribution is 2.27. The summed E-state index contributed by atoms with van der Waals surface area (Å²) in [5.41, 5.74) is 3.38. The van der Waals surface area contributed by atoms with Crippen LogP contribution in [0.15, 0.2) is 54.6 Å². The van der Waals surface area contributed by atoms with E-state index in [9.17, 15) is 4.79 Å². The number of anilines is 1. The summed E-state index contributed by atoms with van der Waals surface area (Å²) >= 11 is 0. The fraction of sp³-hybridized carbons (Fsp3) is 0.188. The van der Waals surface area contributed by atoms with Gasteiger partial charge in [-0.3, -0.25) is 4.79 Å². The fourth-order valence-corrected chi connectivity index (χ4v) is 1.94. The van der Waals surface area contributed by atoms with E-state index in [-0.39, 0.29) is 5.91 Å². The molecule has 0 aliphatic heterocycles. The monoisotopic (exact) mass is 254 g/mol. The normalized spacial score (nSPS) is 9.95. The standard InChI is InChI=1S/C16H18N2O/c1-17-16(19)11-12-18-15-10-6-5-9-14(15)13-7-3-2-4-8-13/h2-10,18H,11-12H2,1H3,(H,17,19). The Bertz CT molecular complexity index is 537. The van der Waals surface area contributed by atoms with Crippen LogP contribution in [0.3, 0.4) is 0 Å². The zero-order valence-corrected chi connectivity index (χ0v) is 11.0. The molecule has 0 atom stereocenters. The molecular formula is C16H18N2O. The number of hydrogen-bond donors (Lipinski definition) is 2. The van der Waals surface area contributed by atoms with Gasteiger partial charge in [0.2, 0.25) is 5.91 Å². The summed E-state index contributed by atoms with van der Waals surface area (Å²) in [7, 11) is 1.65. The molecule has 0 spiro atoms. The van der Waals surface area contributed by atoms with Crippen molar-refractivity contribution < 1.29 is 4.79 Å². The van der Waals surface area contributed by atoms with Crippen molar-refractivity contribution in [1.29, 1.82) is 0 Å². The molecule has 3 nitrogen and oxygen atoms in total. The highest BCUT2D eigenvalue weighted by molar-refractivity contribution is 5.79. The number of nitrogens with one attached hydrogen (secondary N) is 2. The highest BCUT2D eigenvalue weighted by atomic mass is 16.1. The first-order valence-electron chi connectivity index (χ1n) is 6.40. The predicted octanol–water partition coefficient (Wildman–Crippen LogP) is 2.90. The van der Waals surface area contributed by atoms with Gasteiger partial charge >= 0.3 is 0 Å². The van der Waals surface area contributed by atoms with Gasteiger partial charge in [0.25, 0.3) is 0 Å². The van der Waals surface area contributed by atoms with Crippen molar-refractivity contribution in [3.05, 3.63) is 54.6 Å². The topological polar surface area (TPSA) is 41.1 Å². The maximum Gasteiger partial charge on any atom is 0.221 e. The van der Waals surface area contributed by atoms with Crippen molar-refractivity contribution in [2.45, 2.75) is 6.42 Å². The highest BCUT2D eigenvalue weighted by Gasteiger charge is 2.04. The third kappa shape index (κ3) is 3.58. The van der Waals surface area contributed by atoms with Gasteiger partial charge in [0, 0.05) is 31.3 Å². The minimum atomic E-state index is 0.0460. The second-order valence-electron chi connectivity index (χ2n) is 4.26. The lowest BCUT2D eigenvalue weighted by atomic mass is 10.0. The molecule has 3 heteroatoms. The van der Waals surface area contributed by atoms with Crippen molar-refractivity contribution in [2.75, 3.05) is 18.9 Å². The van der Waals surface area contributed by atoms with Gasteiger partial charge in [-0.2, -0.15) is 0 Å². The molecule has 2 aromatic rings. The third-order valence-corrected chi connectivity index (χ3v) is 2.96. The van der Waals surface area contributed by atoms with Crippen LogP contribution in [0.4, 0.5) is 5.69 Å². The van der Waals surface area contributed by atoms with Crippen LogP contribution in [-0.2, 0) is 4.79 Å². The maximum absolute atomic E-state index is 11.2. The Hall–Kier alpha value is -2.29. The SMILES string of the molecule is CNC(=O)CCNc1ccccc1-c1ccccc1. The van der Waals surface area contributed by atoms with Gasteiger partial charge in [0.1, 0.15) is 0 Å². The fourth-order valence-electron chi connectivity index (χ4n) is 1.94. The van der Waals surface area contributed by atoms with E-state index in [1.807, 2.05) is 36.4 Å². The number of amides is 1. The van der Waals surface area contributed by atoms with Crippen molar-refractivity contribution in [3.63, 3.8) is 0 Å². The van der Waals surface area contributed by atoms with Crippen molar-refractivity contribution in [3.8, 4) is 11.1 Å². The van der Waals surface area contributed by atoms with Crippen LogP contribution in [0.5, 0.6) is 0 Å². The molecule has 19 heavy (non-hydrogen) atoms. The Morgan fingerprint density at radius 1 is 1.00 bits per heavy atom. The Morgan fingerprint density at radius 2 is 1.68 bits per heavy atom. The second kappa shape index (κ2) is 6.59. The van der Waals surface area contributed by atoms with E-state index < -0.39 is 0 Å². The largest absolute Gasteiger partial charge is 0.384 e. The average molecular weight is 254 g/mol. The zero-order chi connectivity index (χ0) is 13.5. The van der Waals surface area contributed by atoms with Gasteiger partial charge in [-0.15, -0.1) is 0 Å². The van der Waals surface area contributed by atoms with Crippen LogP contribution in [-0.4, -0.2) is 19.5 Å². The number of rotatable bonds is 5.